The van der Waals surface area contributed by atoms with Gasteiger partial charge in [0.2, 0.25) is 5.91 Å². The van der Waals surface area contributed by atoms with Crippen molar-refractivity contribution in [3.63, 3.8) is 0 Å². The molecule has 0 aliphatic rings. The van der Waals surface area contributed by atoms with E-state index < -0.39 is 0 Å². The van der Waals surface area contributed by atoms with E-state index in [1.807, 2.05) is 20.8 Å². The maximum absolute atomic E-state index is 12.2. The van der Waals surface area contributed by atoms with E-state index >= 15 is 0 Å². The maximum Gasteiger partial charge on any atom is 0.276 e. The first-order valence-electron chi connectivity index (χ1n) is 6.74. The van der Waals surface area contributed by atoms with Crippen LogP contribution in [0.1, 0.15) is 49.3 Å². The van der Waals surface area contributed by atoms with Crippen molar-refractivity contribution < 1.29 is 9.59 Å². The Bertz CT molecular complexity index is 481. The van der Waals surface area contributed by atoms with Gasteiger partial charge in [0.05, 0.1) is 17.9 Å². The standard InChI is InChI=1S/C13H23N5O2/c1-5-6-15-9(19)7-18(4)13(20)12-10(14)11(8(2)3)16-17-12/h8H,5-7,14H2,1-4H3,(H,15,19)(H,16,17). The molecule has 1 aromatic heterocycles. The van der Waals surface area contributed by atoms with Crippen LogP contribution in [0.4, 0.5) is 5.69 Å². The Hall–Kier alpha value is -2.05. The zero-order valence-electron chi connectivity index (χ0n) is 12.5. The fraction of sp³-hybridized carbons (Fsp3) is 0.615. The largest absolute Gasteiger partial charge is 0.395 e. The van der Waals surface area contributed by atoms with Crippen molar-refractivity contribution in [3.05, 3.63) is 11.4 Å². The second-order valence-corrected chi connectivity index (χ2v) is 5.07. The highest BCUT2D eigenvalue weighted by atomic mass is 16.2. The molecule has 4 N–H and O–H groups in total. The molecule has 0 fully saturated rings. The minimum absolute atomic E-state index is 0.0118. The Kier molecular flexibility index (Phi) is 5.54. The van der Waals surface area contributed by atoms with Crippen molar-refractivity contribution in [1.29, 1.82) is 0 Å². The molecule has 7 nitrogen and oxygen atoms in total. The molecular formula is C13H23N5O2. The second kappa shape index (κ2) is 6.93. The van der Waals surface area contributed by atoms with Crippen LogP contribution in [-0.2, 0) is 4.79 Å². The average Bonchev–Trinajstić information content (AvgIpc) is 2.77. The van der Waals surface area contributed by atoms with Gasteiger partial charge in [-0.2, -0.15) is 5.10 Å². The summed E-state index contributed by atoms with van der Waals surface area (Å²) in [7, 11) is 1.55. The lowest BCUT2D eigenvalue weighted by Crippen LogP contribution is -2.38. The van der Waals surface area contributed by atoms with E-state index in [1.54, 1.807) is 7.05 Å². The number of likely N-dealkylation sites (N-methyl/N-ethyl adjacent to an activating group) is 1. The first-order valence-corrected chi connectivity index (χ1v) is 6.74. The van der Waals surface area contributed by atoms with Crippen LogP contribution in [0, 0.1) is 0 Å². The van der Waals surface area contributed by atoms with Crippen molar-refractivity contribution >= 4 is 17.5 Å². The highest BCUT2D eigenvalue weighted by molar-refractivity contribution is 5.99. The lowest BCUT2D eigenvalue weighted by molar-refractivity contribution is -0.121. The average molecular weight is 281 g/mol. The SMILES string of the molecule is CCCNC(=O)CN(C)C(=O)c1n[nH]c(C(C)C)c1N. The molecule has 0 spiro atoms. The smallest absolute Gasteiger partial charge is 0.276 e. The van der Waals surface area contributed by atoms with Gasteiger partial charge in [0.1, 0.15) is 0 Å². The van der Waals surface area contributed by atoms with Crippen molar-refractivity contribution in [3.8, 4) is 0 Å². The van der Waals surface area contributed by atoms with Gasteiger partial charge >= 0.3 is 0 Å². The Labute approximate surface area is 118 Å². The van der Waals surface area contributed by atoms with Gasteiger partial charge in [0.15, 0.2) is 5.69 Å². The van der Waals surface area contributed by atoms with Gasteiger partial charge in [0, 0.05) is 13.6 Å². The predicted octanol–water partition coefficient (Wildman–Crippen LogP) is 0.713. The van der Waals surface area contributed by atoms with Crippen LogP contribution in [0.3, 0.4) is 0 Å². The molecule has 2 amide bonds. The van der Waals surface area contributed by atoms with E-state index in [9.17, 15) is 9.59 Å². The van der Waals surface area contributed by atoms with Crippen LogP contribution in [0.5, 0.6) is 0 Å². The minimum atomic E-state index is -0.364. The normalized spacial score (nSPS) is 10.7. The minimum Gasteiger partial charge on any atom is -0.395 e. The number of rotatable bonds is 6. The van der Waals surface area contributed by atoms with Gasteiger partial charge in [-0.3, -0.25) is 14.7 Å². The van der Waals surface area contributed by atoms with Crippen LogP contribution < -0.4 is 11.1 Å². The number of carbonyl (C=O) groups excluding carboxylic acids is 2. The van der Waals surface area contributed by atoms with Crippen LogP contribution in [0.25, 0.3) is 0 Å². The number of H-pyrrole nitrogens is 1. The summed E-state index contributed by atoms with van der Waals surface area (Å²) in [5, 5.41) is 9.44. The maximum atomic E-state index is 12.2. The first-order chi connectivity index (χ1) is 9.38. The topological polar surface area (TPSA) is 104 Å². The summed E-state index contributed by atoms with van der Waals surface area (Å²) in [5.41, 5.74) is 7.16. The summed E-state index contributed by atoms with van der Waals surface area (Å²) in [6.45, 7) is 6.47. The lowest BCUT2D eigenvalue weighted by Gasteiger charge is -2.15. The molecule has 1 aromatic rings. The third-order valence-corrected chi connectivity index (χ3v) is 2.91. The number of anilines is 1. The number of aromatic amines is 1. The number of nitrogens with zero attached hydrogens (tertiary/aromatic N) is 2. The first kappa shape index (κ1) is 16.0. The van der Waals surface area contributed by atoms with Crippen LogP contribution in [0.15, 0.2) is 0 Å². The highest BCUT2D eigenvalue weighted by Gasteiger charge is 2.22. The van der Waals surface area contributed by atoms with E-state index in [1.165, 1.54) is 4.90 Å². The van der Waals surface area contributed by atoms with E-state index in [0.29, 0.717) is 12.2 Å². The van der Waals surface area contributed by atoms with Crippen LogP contribution >= 0.6 is 0 Å². The molecule has 112 valence electrons. The van der Waals surface area contributed by atoms with E-state index in [2.05, 4.69) is 15.5 Å². The molecule has 0 saturated heterocycles. The molecule has 0 atom stereocenters. The fourth-order valence-corrected chi connectivity index (χ4v) is 1.76. The number of nitrogens with two attached hydrogens (primary N) is 1. The second-order valence-electron chi connectivity index (χ2n) is 5.07. The summed E-state index contributed by atoms with van der Waals surface area (Å²) < 4.78 is 0. The molecule has 7 heteroatoms. The Balaban J connectivity index is 2.72. The Morgan fingerprint density at radius 1 is 1.45 bits per heavy atom. The van der Waals surface area contributed by atoms with Gasteiger partial charge in [-0.1, -0.05) is 20.8 Å². The van der Waals surface area contributed by atoms with Gasteiger partial charge in [-0.15, -0.1) is 0 Å². The van der Waals surface area contributed by atoms with Gasteiger partial charge in [-0.05, 0) is 12.3 Å². The highest BCUT2D eigenvalue weighted by Crippen LogP contribution is 2.22. The molecule has 0 aliphatic carbocycles. The number of nitrogens with one attached hydrogen (secondary N) is 2. The molecule has 1 rings (SSSR count). The number of carbonyl (C=O) groups is 2. The van der Waals surface area contributed by atoms with Crippen molar-refractivity contribution in [1.82, 2.24) is 20.4 Å². The lowest BCUT2D eigenvalue weighted by atomic mass is 10.1. The van der Waals surface area contributed by atoms with Crippen LogP contribution in [-0.4, -0.2) is 47.0 Å². The molecule has 1 heterocycles. The Morgan fingerprint density at radius 3 is 2.60 bits per heavy atom. The quantitative estimate of drug-likeness (QED) is 0.714. The monoisotopic (exact) mass is 281 g/mol. The van der Waals surface area contributed by atoms with E-state index in [-0.39, 0.29) is 30.0 Å². The van der Waals surface area contributed by atoms with Gasteiger partial charge in [0.25, 0.3) is 5.91 Å². The van der Waals surface area contributed by atoms with Gasteiger partial charge in [-0.25, -0.2) is 0 Å². The molecule has 0 unspecified atom stereocenters. The van der Waals surface area contributed by atoms with E-state index in [4.69, 9.17) is 5.73 Å². The molecule has 0 saturated carbocycles. The summed E-state index contributed by atoms with van der Waals surface area (Å²) >= 11 is 0. The third-order valence-electron chi connectivity index (χ3n) is 2.91. The number of nitrogen functional groups attached to an aromatic ring is 1. The van der Waals surface area contributed by atoms with Crippen molar-refractivity contribution in [2.45, 2.75) is 33.1 Å². The predicted molar refractivity (Wildman–Crippen MR) is 77.4 cm³/mol. The molecular weight excluding hydrogens is 258 g/mol. The third kappa shape index (κ3) is 3.72. The number of amides is 2. The molecule has 20 heavy (non-hydrogen) atoms. The summed E-state index contributed by atoms with van der Waals surface area (Å²) in [6.07, 6.45) is 0.855. The van der Waals surface area contributed by atoms with Crippen molar-refractivity contribution in [2.24, 2.45) is 0 Å². The van der Waals surface area contributed by atoms with Gasteiger partial charge < -0.3 is 16.0 Å². The number of aromatic nitrogens is 2. The number of hydrogen-bond acceptors (Lipinski definition) is 4. The molecule has 0 radical (unpaired) electrons. The number of hydrogen-bond donors (Lipinski definition) is 3. The van der Waals surface area contributed by atoms with Crippen LogP contribution in [0.2, 0.25) is 0 Å². The summed E-state index contributed by atoms with van der Waals surface area (Å²) in [4.78, 5) is 25.1. The molecule has 0 aliphatic heterocycles. The Morgan fingerprint density at radius 2 is 2.10 bits per heavy atom. The zero-order chi connectivity index (χ0) is 15.3. The zero-order valence-corrected chi connectivity index (χ0v) is 12.5. The van der Waals surface area contributed by atoms with Crippen molar-refractivity contribution in [2.75, 3.05) is 25.9 Å². The molecule has 0 bridgehead atoms. The van der Waals surface area contributed by atoms with E-state index in [0.717, 1.165) is 12.1 Å². The molecule has 0 aromatic carbocycles. The fourth-order valence-electron chi connectivity index (χ4n) is 1.76. The summed E-state index contributed by atoms with van der Waals surface area (Å²) in [6, 6.07) is 0. The summed E-state index contributed by atoms with van der Waals surface area (Å²) in [5.74, 6) is -0.402.